The fourth-order valence-corrected chi connectivity index (χ4v) is 7.84. The highest BCUT2D eigenvalue weighted by molar-refractivity contribution is 6.33. The number of nitrogens with zero attached hydrogens (tertiary/aromatic N) is 4. The van der Waals surface area contributed by atoms with Gasteiger partial charge in [0, 0.05) is 43.6 Å². The normalized spacial score (nSPS) is 12.0. The van der Waals surface area contributed by atoms with Crippen molar-refractivity contribution in [2.45, 2.75) is 0 Å². The molecule has 0 atom stereocenters. The lowest BCUT2D eigenvalue weighted by Crippen LogP contribution is -2.01. The van der Waals surface area contributed by atoms with Crippen LogP contribution in [0, 0.1) is 0 Å². The van der Waals surface area contributed by atoms with Crippen LogP contribution in [0.3, 0.4) is 0 Å². The second kappa shape index (κ2) is 10.3. The Morgan fingerprint density at radius 3 is 1.50 bits per heavy atom. The van der Waals surface area contributed by atoms with Gasteiger partial charge in [-0.3, -0.25) is 0 Å². The zero-order valence-electron chi connectivity index (χ0n) is 26.7. The summed E-state index contributed by atoms with van der Waals surface area (Å²) in [6, 6.07) is 54.8. The van der Waals surface area contributed by atoms with Crippen LogP contribution in [-0.2, 0) is 0 Å². The maximum absolute atomic E-state index is 6.65. The molecule has 11 rings (SSSR count). The highest BCUT2D eigenvalue weighted by Gasteiger charge is 2.23. The van der Waals surface area contributed by atoms with Gasteiger partial charge in [-0.1, -0.05) is 127 Å². The zero-order chi connectivity index (χ0) is 32.8. The number of benzene rings is 8. The molecule has 232 valence electrons. The summed E-state index contributed by atoms with van der Waals surface area (Å²) in [5, 5.41) is 9.23. The van der Waals surface area contributed by atoms with Gasteiger partial charge in [0.15, 0.2) is 17.5 Å². The van der Waals surface area contributed by atoms with Gasteiger partial charge in [0.25, 0.3) is 0 Å². The lowest BCUT2D eigenvalue weighted by Gasteiger charge is -2.15. The van der Waals surface area contributed by atoms with Crippen LogP contribution in [-0.4, -0.2) is 19.5 Å². The summed E-state index contributed by atoms with van der Waals surface area (Å²) >= 11 is 0. The Bertz CT molecular complexity index is 2930. The van der Waals surface area contributed by atoms with Gasteiger partial charge in [0.2, 0.25) is 0 Å². The third kappa shape index (κ3) is 3.86. The van der Waals surface area contributed by atoms with E-state index in [1.54, 1.807) is 0 Å². The molecule has 0 saturated heterocycles. The second-order valence-corrected chi connectivity index (χ2v) is 12.8. The predicted octanol–water partition coefficient (Wildman–Crippen LogP) is 11.6. The third-order valence-corrected chi connectivity index (χ3v) is 10.0. The van der Waals surface area contributed by atoms with Gasteiger partial charge in [0.05, 0.1) is 16.7 Å². The Labute approximate surface area is 286 Å². The third-order valence-electron chi connectivity index (χ3n) is 10.0. The lowest BCUT2D eigenvalue weighted by atomic mass is 10.00. The minimum atomic E-state index is 0.639. The summed E-state index contributed by atoms with van der Waals surface area (Å²) in [5.74, 6) is 1.93. The van der Waals surface area contributed by atoms with E-state index in [0.717, 1.165) is 76.9 Å². The van der Waals surface area contributed by atoms with E-state index < -0.39 is 0 Å². The van der Waals surface area contributed by atoms with Crippen molar-refractivity contribution in [2.75, 3.05) is 0 Å². The maximum atomic E-state index is 6.65. The molecule has 0 amide bonds. The van der Waals surface area contributed by atoms with Crippen molar-refractivity contribution in [1.82, 2.24) is 19.5 Å². The second-order valence-electron chi connectivity index (χ2n) is 12.8. The van der Waals surface area contributed by atoms with E-state index in [0.29, 0.717) is 17.5 Å². The number of rotatable bonds is 4. The monoisotopic (exact) mass is 638 g/mol. The highest BCUT2D eigenvalue weighted by atomic mass is 16.3. The molecule has 0 radical (unpaired) electrons. The van der Waals surface area contributed by atoms with Gasteiger partial charge in [-0.25, -0.2) is 15.0 Å². The van der Waals surface area contributed by atoms with Gasteiger partial charge in [0.1, 0.15) is 11.2 Å². The Morgan fingerprint density at radius 2 is 0.900 bits per heavy atom. The maximum Gasteiger partial charge on any atom is 0.164 e. The fourth-order valence-electron chi connectivity index (χ4n) is 7.84. The molecule has 3 heterocycles. The van der Waals surface area contributed by atoms with E-state index in [9.17, 15) is 0 Å². The quantitative estimate of drug-likeness (QED) is 0.192. The summed E-state index contributed by atoms with van der Waals surface area (Å²) < 4.78 is 9.07. The average Bonchev–Trinajstić information content (AvgIpc) is 3.44. The Morgan fingerprint density at radius 1 is 0.380 bits per heavy atom. The van der Waals surface area contributed by atoms with Crippen molar-refractivity contribution >= 4 is 65.3 Å². The van der Waals surface area contributed by atoms with Crippen molar-refractivity contribution in [2.24, 2.45) is 0 Å². The first kappa shape index (κ1) is 27.1. The number of hydrogen-bond acceptors (Lipinski definition) is 4. The van der Waals surface area contributed by atoms with Crippen molar-refractivity contribution in [1.29, 1.82) is 0 Å². The molecule has 0 saturated carbocycles. The van der Waals surface area contributed by atoms with E-state index in [2.05, 4.69) is 102 Å². The Kier molecular flexibility index (Phi) is 5.60. The van der Waals surface area contributed by atoms with Crippen LogP contribution in [0.4, 0.5) is 0 Å². The molecule has 0 unspecified atom stereocenters. The smallest absolute Gasteiger partial charge is 0.164 e. The van der Waals surface area contributed by atoms with Crippen LogP contribution in [0.5, 0.6) is 0 Å². The number of aromatic nitrogens is 4. The average molecular weight is 639 g/mol. The number of fused-ring (bicyclic) bond motifs is 1. The topological polar surface area (TPSA) is 56.7 Å². The summed E-state index contributed by atoms with van der Waals surface area (Å²) in [6.07, 6.45) is 0. The van der Waals surface area contributed by atoms with Crippen LogP contribution in [0.2, 0.25) is 0 Å². The fraction of sp³-hybridized carbons (Fsp3) is 0. The summed E-state index contributed by atoms with van der Waals surface area (Å²) in [4.78, 5) is 15.1. The first-order chi connectivity index (χ1) is 24.8. The first-order valence-electron chi connectivity index (χ1n) is 16.8. The molecule has 0 bridgehead atoms. The first-order valence-corrected chi connectivity index (χ1v) is 16.8. The van der Waals surface area contributed by atoms with E-state index in [1.807, 2.05) is 60.7 Å². The molecule has 0 aliphatic heterocycles. The van der Waals surface area contributed by atoms with E-state index >= 15 is 0 Å². The Balaban J connectivity index is 1.22. The van der Waals surface area contributed by atoms with Crippen molar-refractivity contribution in [3.05, 3.63) is 158 Å². The van der Waals surface area contributed by atoms with Gasteiger partial charge >= 0.3 is 0 Å². The molecular weight excluding hydrogens is 613 g/mol. The van der Waals surface area contributed by atoms with Crippen LogP contribution >= 0.6 is 0 Å². The van der Waals surface area contributed by atoms with Gasteiger partial charge in [-0.05, 0) is 46.5 Å². The molecule has 8 aromatic carbocycles. The predicted molar refractivity (Wildman–Crippen MR) is 204 cm³/mol. The summed E-state index contributed by atoms with van der Waals surface area (Å²) in [5.41, 5.74) is 8.00. The lowest BCUT2D eigenvalue weighted by molar-refractivity contribution is 0.664. The summed E-state index contributed by atoms with van der Waals surface area (Å²) in [6.45, 7) is 0. The SMILES string of the molecule is c1ccc(-c2nc(-c3ccccc3)nc(-c3cccc4c(-n5c6ccc7cccc8oc9cccc%10ccc5c(c%109)c6c78)cccc34)n2)cc1. The van der Waals surface area contributed by atoms with Gasteiger partial charge < -0.3 is 8.98 Å². The van der Waals surface area contributed by atoms with Gasteiger partial charge in [-0.2, -0.15) is 0 Å². The zero-order valence-corrected chi connectivity index (χ0v) is 26.7. The number of hydrogen-bond donors (Lipinski definition) is 0. The molecule has 5 nitrogen and oxygen atoms in total. The molecule has 11 aromatic rings. The largest absolute Gasteiger partial charge is 0.456 e. The van der Waals surface area contributed by atoms with Gasteiger partial charge in [-0.15, -0.1) is 0 Å². The van der Waals surface area contributed by atoms with E-state index in [1.165, 1.54) is 10.8 Å². The van der Waals surface area contributed by atoms with Crippen LogP contribution in [0.1, 0.15) is 0 Å². The molecular formula is C45H26N4O. The molecule has 50 heavy (non-hydrogen) atoms. The highest BCUT2D eigenvalue weighted by Crippen LogP contribution is 2.45. The molecule has 0 N–H and O–H groups in total. The van der Waals surface area contributed by atoms with Crippen molar-refractivity contribution in [3.8, 4) is 39.9 Å². The van der Waals surface area contributed by atoms with E-state index in [-0.39, 0.29) is 0 Å². The van der Waals surface area contributed by atoms with Crippen molar-refractivity contribution < 1.29 is 4.42 Å². The van der Waals surface area contributed by atoms with Crippen molar-refractivity contribution in [3.63, 3.8) is 0 Å². The van der Waals surface area contributed by atoms with Crippen LogP contribution in [0.15, 0.2) is 162 Å². The van der Waals surface area contributed by atoms with Crippen LogP contribution < -0.4 is 0 Å². The standard InChI is InChI=1S/C45H26N4O/c1-3-11-29(12-4-1)43-46-44(30-13-5-2-6-14-30)48-45(47-43)33-19-9-18-32-31(33)17-10-20-34(32)49-35-25-23-27-15-7-21-37-39(27)41(35)42-36(49)26-24-28-16-8-22-38(50-37)40(28)42/h1-26H. The molecule has 0 spiro atoms. The molecule has 0 fully saturated rings. The summed E-state index contributed by atoms with van der Waals surface area (Å²) in [7, 11) is 0. The minimum Gasteiger partial charge on any atom is -0.456 e. The molecule has 0 aliphatic carbocycles. The molecule has 0 aliphatic rings. The minimum absolute atomic E-state index is 0.639. The molecule has 3 aromatic heterocycles. The Hall–Kier alpha value is -6.85. The van der Waals surface area contributed by atoms with Crippen LogP contribution in [0.25, 0.3) is 105 Å². The molecule has 5 heteroatoms. The van der Waals surface area contributed by atoms with E-state index in [4.69, 9.17) is 19.4 Å².